The van der Waals surface area contributed by atoms with E-state index in [2.05, 4.69) is 0 Å². The lowest BCUT2D eigenvalue weighted by molar-refractivity contribution is -0.384. The highest BCUT2D eigenvalue weighted by Gasteiger charge is 2.35. The number of carboxylic acid groups (broad SMARTS) is 1. The van der Waals surface area contributed by atoms with Crippen molar-refractivity contribution >= 4 is 40.1 Å². The van der Waals surface area contributed by atoms with Crippen LogP contribution in [0.4, 0.5) is 11.4 Å². The summed E-state index contributed by atoms with van der Waals surface area (Å²) in [5, 5.41) is 19.6. The molecule has 1 fully saturated rings. The average Bonchev–Trinajstić information content (AvgIpc) is 2.77. The van der Waals surface area contributed by atoms with Crippen LogP contribution in [-0.4, -0.2) is 38.8 Å². The zero-order valence-electron chi connectivity index (χ0n) is 11.5. The van der Waals surface area contributed by atoms with Crippen molar-refractivity contribution in [3.8, 4) is 0 Å². The van der Waals surface area contributed by atoms with Crippen molar-refractivity contribution in [3.63, 3.8) is 0 Å². The molecule has 0 bridgehead atoms. The number of nitrogens with zero attached hydrogens (tertiary/aromatic N) is 2. The highest BCUT2D eigenvalue weighted by atomic mass is 32.2. The van der Waals surface area contributed by atoms with E-state index in [4.69, 9.17) is 5.11 Å². The molecule has 1 aromatic carbocycles. The van der Waals surface area contributed by atoms with Crippen molar-refractivity contribution in [3.05, 3.63) is 33.9 Å². The molecule has 1 amide bonds. The molecule has 0 spiro atoms. The van der Waals surface area contributed by atoms with E-state index >= 15 is 0 Å². The number of hydrogen-bond donors (Lipinski definition) is 1. The molecular weight excluding hydrogens is 312 g/mol. The number of amides is 1. The van der Waals surface area contributed by atoms with Crippen LogP contribution in [0.15, 0.2) is 18.2 Å². The van der Waals surface area contributed by atoms with Crippen molar-refractivity contribution < 1.29 is 24.4 Å². The van der Waals surface area contributed by atoms with E-state index in [0.29, 0.717) is 0 Å². The summed E-state index contributed by atoms with van der Waals surface area (Å²) >= 11 is 1.02. The van der Waals surface area contributed by atoms with E-state index in [1.165, 1.54) is 24.0 Å². The smallest absolute Gasteiger partial charge is 0.335 e. The quantitative estimate of drug-likeness (QED) is 0.661. The number of aromatic carboxylic acids is 1. The summed E-state index contributed by atoms with van der Waals surface area (Å²) in [6, 6.07) is 3.39. The van der Waals surface area contributed by atoms with Gasteiger partial charge in [0.15, 0.2) is 5.12 Å². The van der Waals surface area contributed by atoms with Gasteiger partial charge in [-0.3, -0.25) is 19.7 Å². The summed E-state index contributed by atoms with van der Waals surface area (Å²) in [4.78, 5) is 45.7. The van der Waals surface area contributed by atoms with Gasteiger partial charge in [-0.05, 0) is 12.1 Å². The first kappa shape index (κ1) is 16.0. The summed E-state index contributed by atoms with van der Waals surface area (Å²) in [5.41, 5.74) is -0.620. The largest absolute Gasteiger partial charge is 0.478 e. The molecule has 1 atom stereocenters. The number of rotatable bonds is 4. The zero-order chi connectivity index (χ0) is 16.4. The Morgan fingerprint density at radius 1 is 1.45 bits per heavy atom. The molecule has 9 heteroatoms. The maximum absolute atomic E-state index is 12.0. The second-order valence-electron chi connectivity index (χ2n) is 4.71. The van der Waals surface area contributed by atoms with Gasteiger partial charge in [0.1, 0.15) is 5.69 Å². The zero-order valence-corrected chi connectivity index (χ0v) is 12.3. The Balaban J connectivity index is 2.36. The van der Waals surface area contributed by atoms with Gasteiger partial charge in [0.2, 0.25) is 5.91 Å². The number of nitro groups is 1. The normalized spacial score (nSPS) is 17.6. The molecule has 116 valence electrons. The molecular formula is C13H12N2O6S. The van der Waals surface area contributed by atoms with Gasteiger partial charge in [-0.15, -0.1) is 0 Å². The fraction of sp³-hybridized carbons (Fsp3) is 0.308. The highest BCUT2D eigenvalue weighted by molar-refractivity contribution is 8.14. The number of nitro benzene ring substituents is 1. The SMILES string of the molecule is CC(=O)SC1CC(=O)N(c2ccc(C(=O)O)cc2[N+](=O)[O-])C1. The summed E-state index contributed by atoms with van der Waals surface area (Å²) in [6.45, 7) is 1.57. The molecule has 8 nitrogen and oxygen atoms in total. The standard InChI is InChI=1S/C13H12N2O6S/c1-7(16)22-9-5-12(17)14(6-9)10-3-2-8(13(18)19)4-11(10)15(20)21/h2-4,9H,5-6H2,1H3,(H,18,19). The van der Waals surface area contributed by atoms with Crippen molar-refractivity contribution in [1.29, 1.82) is 0 Å². The van der Waals surface area contributed by atoms with Crippen LogP contribution in [-0.2, 0) is 9.59 Å². The van der Waals surface area contributed by atoms with Crippen LogP contribution < -0.4 is 4.90 Å². The molecule has 22 heavy (non-hydrogen) atoms. The Kier molecular flexibility index (Phi) is 4.45. The van der Waals surface area contributed by atoms with Gasteiger partial charge in [0, 0.05) is 31.2 Å². The molecule has 0 aromatic heterocycles. The summed E-state index contributed by atoms with van der Waals surface area (Å²) in [7, 11) is 0. The minimum absolute atomic E-state index is 0.0478. The minimum atomic E-state index is -1.28. The number of benzene rings is 1. The average molecular weight is 324 g/mol. The Hall–Kier alpha value is -2.42. The van der Waals surface area contributed by atoms with E-state index < -0.39 is 16.6 Å². The van der Waals surface area contributed by atoms with Gasteiger partial charge in [0.05, 0.1) is 10.5 Å². The molecule has 1 aliphatic heterocycles. The maximum Gasteiger partial charge on any atom is 0.335 e. The monoisotopic (exact) mass is 324 g/mol. The van der Waals surface area contributed by atoms with Gasteiger partial charge in [-0.2, -0.15) is 0 Å². The topological polar surface area (TPSA) is 118 Å². The van der Waals surface area contributed by atoms with E-state index in [1.807, 2.05) is 0 Å². The Bertz CT molecular complexity index is 674. The lowest BCUT2D eigenvalue weighted by Crippen LogP contribution is -2.26. The van der Waals surface area contributed by atoms with Crippen molar-refractivity contribution in [2.45, 2.75) is 18.6 Å². The van der Waals surface area contributed by atoms with E-state index in [1.54, 1.807) is 0 Å². The number of carbonyl (C=O) groups excluding carboxylic acids is 2. The molecule has 1 aromatic rings. The fourth-order valence-corrected chi connectivity index (χ4v) is 3.17. The van der Waals surface area contributed by atoms with Crippen molar-refractivity contribution in [2.24, 2.45) is 0 Å². The third-order valence-corrected chi connectivity index (χ3v) is 4.11. The molecule has 2 rings (SSSR count). The second-order valence-corrected chi connectivity index (χ2v) is 6.18. The molecule has 1 saturated heterocycles. The van der Waals surface area contributed by atoms with Crippen LogP contribution in [0.3, 0.4) is 0 Å². The third kappa shape index (κ3) is 3.25. The molecule has 1 unspecified atom stereocenters. The van der Waals surface area contributed by atoms with E-state index in [-0.39, 0.29) is 40.5 Å². The van der Waals surface area contributed by atoms with E-state index in [0.717, 1.165) is 17.8 Å². The van der Waals surface area contributed by atoms with Crippen LogP contribution in [0.25, 0.3) is 0 Å². The predicted molar refractivity (Wildman–Crippen MR) is 79.1 cm³/mol. The highest BCUT2D eigenvalue weighted by Crippen LogP contribution is 2.35. The first-order valence-electron chi connectivity index (χ1n) is 6.29. The second kappa shape index (κ2) is 6.14. The molecule has 1 heterocycles. The molecule has 0 saturated carbocycles. The Morgan fingerprint density at radius 2 is 2.14 bits per heavy atom. The van der Waals surface area contributed by atoms with Crippen LogP contribution in [0.5, 0.6) is 0 Å². The summed E-state index contributed by atoms with van der Waals surface area (Å²) in [6.07, 6.45) is 0.113. The van der Waals surface area contributed by atoms with Crippen LogP contribution >= 0.6 is 11.8 Å². The number of anilines is 1. The first-order chi connectivity index (χ1) is 10.3. The predicted octanol–water partition coefficient (Wildman–Crippen LogP) is 1.68. The number of carbonyl (C=O) groups is 3. The maximum atomic E-state index is 12.0. The van der Waals surface area contributed by atoms with Crippen molar-refractivity contribution in [2.75, 3.05) is 11.4 Å². The third-order valence-electron chi connectivity index (χ3n) is 3.13. The Labute approximate surface area is 129 Å². The molecule has 0 radical (unpaired) electrons. The van der Waals surface area contributed by atoms with Gasteiger partial charge < -0.3 is 10.0 Å². The van der Waals surface area contributed by atoms with Crippen LogP contribution in [0, 0.1) is 10.1 Å². The van der Waals surface area contributed by atoms with Gasteiger partial charge in [-0.25, -0.2) is 4.79 Å². The molecule has 1 aliphatic rings. The molecule has 1 N–H and O–H groups in total. The van der Waals surface area contributed by atoms with Gasteiger partial charge in [-0.1, -0.05) is 11.8 Å². The Morgan fingerprint density at radius 3 is 2.68 bits per heavy atom. The van der Waals surface area contributed by atoms with Gasteiger partial charge >= 0.3 is 5.97 Å². The van der Waals surface area contributed by atoms with Crippen molar-refractivity contribution in [1.82, 2.24) is 0 Å². The summed E-state index contributed by atoms with van der Waals surface area (Å²) in [5.74, 6) is -1.61. The van der Waals surface area contributed by atoms with Crippen LogP contribution in [0.2, 0.25) is 0 Å². The van der Waals surface area contributed by atoms with Crippen LogP contribution in [0.1, 0.15) is 23.7 Å². The lowest BCUT2D eigenvalue weighted by Gasteiger charge is -2.16. The lowest BCUT2D eigenvalue weighted by atomic mass is 10.1. The minimum Gasteiger partial charge on any atom is -0.478 e. The number of carboxylic acids is 1. The molecule has 0 aliphatic carbocycles. The number of hydrogen-bond acceptors (Lipinski definition) is 6. The first-order valence-corrected chi connectivity index (χ1v) is 7.17. The fourth-order valence-electron chi connectivity index (χ4n) is 2.25. The van der Waals surface area contributed by atoms with E-state index in [9.17, 15) is 24.5 Å². The summed E-state index contributed by atoms with van der Waals surface area (Å²) < 4.78 is 0. The van der Waals surface area contributed by atoms with Gasteiger partial charge in [0.25, 0.3) is 5.69 Å². The number of thioether (sulfide) groups is 1.